The van der Waals surface area contributed by atoms with Crippen LogP contribution < -0.4 is 0 Å². The highest BCUT2D eigenvalue weighted by atomic mass is 79.9. The lowest BCUT2D eigenvalue weighted by atomic mass is 10.4. The molecule has 0 aliphatic heterocycles. The summed E-state index contributed by atoms with van der Waals surface area (Å²) in [5, 5.41) is 12.9. The summed E-state index contributed by atoms with van der Waals surface area (Å²) >= 11 is 4.85. The normalized spacial score (nSPS) is 10.6. The lowest BCUT2D eigenvalue weighted by Crippen LogP contribution is -2.04. The maximum absolute atomic E-state index is 10.4. The summed E-state index contributed by atoms with van der Waals surface area (Å²) in [6.07, 6.45) is 0. The third-order valence-corrected chi connectivity index (χ3v) is 3.88. The molecule has 0 unspecified atom stereocenters. The summed E-state index contributed by atoms with van der Waals surface area (Å²) in [6, 6.07) is 0. The molecule has 0 bridgehead atoms. The fraction of sp³-hybridized carbons (Fsp3) is 0.556. The van der Waals surface area contributed by atoms with Gasteiger partial charge in [0.05, 0.1) is 21.6 Å². The highest BCUT2D eigenvalue weighted by molar-refractivity contribution is 9.10. The van der Waals surface area contributed by atoms with Gasteiger partial charge in [0.25, 0.3) is 0 Å². The molecule has 1 rings (SSSR count). The molecule has 15 heavy (non-hydrogen) atoms. The van der Waals surface area contributed by atoms with Crippen molar-refractivity contribution in [3.63, 3.8) is 0 Å². The van der Waals surface area contributed by atoms with Crippen LogP contribution in [0.3, 0.4) is 0 Å². The Kier molecular flexibility index (Phi) is 4.66. The van der Waals surface area contributed by atoms with E-state index in [2.05, 4.69) is 21.0 Å². The Hall–Kier alpha value is -0.490. The lowest BCUT2D eigenvalue weighted by Gasteiger charge is -2.03. The fourth-order valence-corrected chi connectivity index (χ4v) is 2.62. The summed E-state index contributed by atoms with van der Waals surface area (Å²) in [7, 11) is 0. The van der Waals surface area contributed by atoms with Crippen molar-refractivity contribution >= 4 is 33.7 Å². The molecule has 4 nitrogen and oxygen atoms in total. The number of carbonyl (C=O) groups is 1. The van der Waals surface area contributed by atoms with Crippen LogP contribution in [0.5, 0.6) is 0 Å². The van der Waals surface area contributed by atoms with Gasteiger partial charge < -0.3 is 5.11 Å². The molecule has 0 atom stereocenters. The minimum absolute atomic E-state index is 0.125. The minimum Gasteiger partial charge on any atom is -0.481 e. The molecular weight excluding hydrogens is 280 g/mol. The summed E-state index contributed by atoms with van der Waals surface area (Å²) in [5.74, 6) is 0.0116. The smallest absolute Gasteiger partial charge is 0.313 e. The number of nitrogens with zero attached hydrogens (tertiary/aromatic N) is 2. The average Bonchev–Trinajstić information content (AvgIpc) is 2.44. The molecule has 0 aliphatic rings. The van der Waals surface area contributed by atoms with E-state index in [0.29, 0.717) is 5.75 Å². The number of hydrogen-bond acceptors (Lipinski definition) is 3. The van der Waals surface area contributed by atoms with E-state index in [-0.39, 0.29) is 5.75 Å². The van der Waals surface area contributed by atoms with Crippen LogP contribution in [0.15, 0.2) is 4.47 Å². The van der Waals surface area contributed by atoms with Crippen molar-refractivity contribution in [2.45, 2.75) is 26.1 Å². The molecule has 0 spiro atoms. The van der Waals surface area contributed by atoms with Crippen LogP contribution in [0.2, 0.25) is 0 Å². The molecule has 0 saturated heterocycles. The van der Waals surface area contributed by atoms with E-state index in [4.69, 9.17) is 5.11 Å². The molecule has 1 N–H and O–H groups in total. The first-order valence-electron chi connectivity index (χ1n) is 4.57. The molecule has 1 aromatic heterocycles. The SMILES string of the molecule is CCn1nc(C)c(Br)c1CSCC(=O)O. The number of carboxylic acids is 1. The van der Waals surface area contributed by atoms with E-state index in [1.54, 1.807) is 0 Å². The van der Waals surface area contributed by atoms with Gasteiger partial charge in [-0.3, -0.25) is 9.48 Å². The Bertz CT molecular complexity index is 365. The zero-order valence-electron chi connectivity index (χ0n) is 8.66. The summed E-state index contributed by atoms with van der Waals surface area (Å²) < 4.78 is 2.89. The Morgan fingerprint density at radius 2 is 2.33 bits per heavy atom. The Morgan fingerprint density at radius 3 is 2.87 bits per heavy atom. The van der Waals surface area contributed by atoms with Gasteiger partial charge >= 0.3 is 5.97 Å². The largest absolute Gasteiger partial charge is 0.481 e. The summed E-state index contributed by atoms with van der Waals surface area (Å²) in [6.45, 7) is 4.75. The second kappa shape index (κ2) is 5.55. The van der Waals surface area contributed by atoms with Crippen molar-refractivity contribution < 1.29 is 9.90 Å². The van der Waals surface area contributed by atoms with E-state index in [1.807, 2.05) is 18.5 Å². The first kappa shape index (κ1) is 12.6. The van der Waals surface area contributed by atoms with Crippen molar-refractivity contribution in [2.75, 3.05) is 5.75 Å². The number of hydrogen-bond donors (Lipinski definition) is 1. The van der Waals surface area contributed by atoms with Crippen LogP contribution >= 0.6 is 27.7 Å². The summed E-state index contributed by atoms with van der Waals surface area (Å²) in [4.78, 5) is 10.4. The molecule has 84 valence electrons. The minimum atomic E-state index is -0.782. The number of thioether (sulfide) groups is 1. The van der Waals surface area contributed by atoms with Gasteiger partial charge in [0.2, 0.25) is 0 Å². The number of rotatable bonds is 5. The van der Waals surface area contributed by atoms with Crippen molar-refractivity contribution in [2.24, 2.45) is 0 Å². The van der Waals surface area contributed by atoms with Crippen LogP contribution in [-0.4, -0.2) is 26.6 Å². The standard InChI is InChI=1S/C9H13BrN2O2S/c1-3-12-7(4-15-5-8(13)14)9(10)6(2)11-12/h3-5H2,1-2H3,(H,13,14). The molecule has 0 radical (unpaired) electrons. The predicted octanol–water partition coefficient (Wildman–Crippen LogP) is 2.29. The highest BCUT2D eigenvalue weighted by Gasteiger charge is 2.12. The second-order valence-electron chi connectivity index (χ2n) is 3.05. The quantitative estimate of drug-likeness (QED) is 0.905. The van der Waals surface area contributed by atoms with Gasteiger partial charge in [-0.1, -0.05) is 0 Å². The van der Waals surface area contributed by atoms with E-state index in [9.17, 15) is 4.79 Å². The third kappa shape index (κ3) is 3.24. The molecule has 0 aliphatic carbocycles. The number of carboxylic acid groups (broad SMARTS) is 1. The molecule has 0 amide bonds. The maximum Gasteiger partial charge on any atom is 0.313 e. The van der Waals surface area contributed by atoms with E-state index in [0.717, 1.165) is 22.4 Å². The van der Waals surface area contributed by atoms with E-state index in [1.165, 1.54) is 11.8 Å². The molecule has 0 fully saturated rings. The number of aliphatic carboxylic acids is 1. The average molecular weight is 293 g/mol. The van der Waals surface area contributed by atoms with Gasteiger partial charge in [0.1, 0.15) is 0 Å². The molecule has 0 saturated carbocycles. The Balaban J connectivity index is 2.70. The number of aromatic nitrogens is 2. The van der Waals surface area contributed by atoms with E-state index >= 15 is 0 Å². The van der Waals surface area contributed by atoms with Crippen molar-refractivity contribution in [1.29, 1.82) is 0 Å². The van der Waals surface area contributed by atoms with E-state index < -0.39 is 5.97 Å². The fourth-order valence-electron chi connectivity index (χ4n) is 1.24. The molecule has 6 heteroatoms. The topological polar surface area (TPSA) is 55.1 Å². The summed E-state index contributed by atoms with van der Waals surface area (Å²) in [5.41, 5.74) is 2.00. The van der Waals surface area contributed by atoms with Gasteiger partial charge in [0, 0.05) is 12.3 Å². The van der Waals surface area contributed by atoms with Crippen LogP contribution in [0.1, 0.15) is 18.3 Å². The van der Waals surface area contributed by atoms with Crippen LogP contribution in [0.4, 0.5) is 0 Å². The highest BCUT2D eigenvalue weighted by Crippen LogP contribution is 2.24. The monoisotopic (exact) mass is 292 g/mol. The van der Waals surface area contributed by atoms with Crippen LogP contribution in [0, 0.1) is 6.92 Å². The van der Waals surface area contributed by atoms with Gasteiger partial charge in [-0.25, -0.2) is 0 Å². The zero-order chi connectivity index (χ0) is 11.4. The van der Waals surface area contributed by atoms with Crippen molar-refractivity contribution in [3.8, 4) is 0 Å². The number of aryl methyl sites for hydroxylation is 2. The molecule has 1 aromatic rings. The lowest BCUT2D eigenvalue weighted by molar-refractivity contribution is -0.133. The Labute approximate surface area is 101 Å². The van der Waals surface area contributed by atoms with Gasteiger partial charge in [-0.2, -0.15) is 5.10 Å². The van der Waals surface area contributed by atoms with Gasteiger partial charge in [0.15, 0.2) is 0 Å². The van der Waals surface area contributed by atoms with Gasteiger partial charge in [-0.05, 0) is 29.8 Å². The maximum atomic E-state index is 10.4. The van der Waals surface area contributed by atoms with Gasteiger partial charge in [-0.15, -0.1) is 11.8 Å². The molecule has 0 aromatic carbocycles. The van der Waals surface area contributed by atoms with Crippen LogP contribution in [0.25, 0.3) is 0 Å². The van der Waals surface area contributed by atoms with Crippen molar-refractivity contribution in [1.82, 2.24) is 9.78 Å². The Morgan fingerprint density at radius 1 is 1.67 bits per heavy atom. The van der Waals surface area contributed by atoms with Crippen LogP contribution in [-0.2, 0) is 17.1 Å². The molecular formula is C9H13BrN2O2S. The first-order chi connectivity index (χ1) is 7.06. The van der Waals surface area contributed by atoms with Crippen molar-refractivity contribution in [3.05, 3.63) is 15.9 Å². The molecule has 1 heterocycles. The second-order valence-corrected chi connectivity index (χ2v) is 4.83. The third-order valence-electron chi connectivity index (χ3n) is 1.92. The predicted molar refractivity (Wildman–Crippen MR) is 64.1 cm³/mol. The zero-order valence-corrected chi connectivity index (χ0v) is 11.1. The number of halogens is 1. The first-order valence-corrected chi connectivity index (χ1v) is 6.52.